The van der Waals surface area contributed by atoms with Gasteiger partial charge in [-0.3, -0.25) is 4.79 Å². The molecule has 0 fully saturated rings. The third kappa shape index (κ3) is 3.43. The zero-order valence-electron chi connectivity index (χ0n) is 20.1. The molecule has 8 heteroatoms. The summed E-state index contributed by atoms with van der Waals surface area (Å²) in [6.07, 6.45) is 2.27. The number of aliphatic hydroxyl groups is 1. The Morgan fingerprint density at radius 1 is 0.718 bits per heavy atom. The molecule has 0 radical (unpaired) electrons. The number of fused-ring (bicyclic) bond motifs is 10. The van der Waals surface area contributed by atoms with Crippen LogP contribution in [-0.4, -0.2) is 22.5 Å². The smallest absolute Gasteiger partial charge is 0.371 e. The van der Waals surface area contributed by atoms with Crippen LogP contribution in [-0.2, 0) is 6.61 Å². The van der Waals surface area contributed by atoms with Gasteiger partial charge in [-0.15, -0.1) is 0 Å². The van der Waals surface area contributed by atoms with Crippen molar-refractivity contribution in [3.8, 4) is 0 Å². The standard InChI is InChI=1S/C16H8O5.C15H10O3/c17-7-8-5-12-14(9-3-1-2-4-11(9)20-12)10-6-13(16(18)19)21-15(8)10;16-8-9-7-13-14(11-5-6-17-15(9)11)10-3-1-2-4-12(10)18-13/h1-7H,(H,18,19);1-7,16H,8H2. The van der Waals surface area contributed by atoms with Gasteiger partial charge in [0.05, 0.1) is 18.4 Å². The van der Waals surface area contributed by atoms with Crippen molar-refractivity contribution in [2.75, 3.05) is 0 Å². The van der Waals surface area contributed by atoms with Gasteiger partial charge in [0.15, 0.2) is 6.29 Å². The number of carbonyl (C=O) groups excluding carboxylic acids is 1. The molecule has 0 aliphatic carbocycles. The number of hydrogen-bond donors (Lipinski definition) is 2. The lowest BCUT2D eigenvalue weighted by atomic mass is 10.1. The first kappa shape index (κ1) is 22.8. The Hall–Kier alpha value is -5.34. The molecule has 2 N–H and O–H groups in total. The molecule has 39 heavy (non-hydrogen) atoms. The Bertz CT molecular complexity index is 2220. The topological polar surface area (TPSA) is 127 Å². The van der Waals surface area contributed by atoms with Gasteiger partial charge < -0.3 is 27.9 Å². The number of para-hydroxylation sites is 2. The lowest BCUT2D eigenvalue weighted by Gasteiger charge is -1.98. The van der Waals surface area contributed by atoms with Crippen molar-refractivity contribution >= 4 is 78.1 Å². The summed E-state index contributed by atoms with van der Waals surface area (Å²) < 4.78 is 22.3. The fourth-order valence-corrected chi connectivity index (χ4v) is 5.17. The lowest BCUT2D eigenvalue weighted by Crippen LogP contribution is -1.91. The van der Waals surface area contributed by atoms with Gasteiger partial charge in [0.2, 0.25) is 5.76 Å². The Labute approximate surface area is 218 Å². The Kier molecular flexibility index (Phi) is 5.04. The van der Waals surface area contributed by atoms with Crippen LogP contribution in [0, 0.1) is 0 Å². The quantitative estimate of drug-likeness (QED) is 0.228. The van der Waals surface area contributed by atoms with Crippen LogP contribution in [0.4, 0.5) is 0 Å². The average Bonchev–Trinajstić information content (AvgIpc) is 3.74. The number of carbonyl (C=O) groups is 2. The van der Waals surface area contributed by atoms with Gasteiger partial charge in [-0.25, -0.2) is 4.79 Å². The number of aldehydes is 1. The maximum atomic E-state index is 11.2. The molecule has 8 rings (SSSR count). The maximum absolute atomic E-state index is 11.2. The van der Waals surface area contributed by atoms with Crippen molar-refractivity contribution in [3.63, 3.8) is 0 Å². The highest BCUT2D eigenvalue weighted by Crippen LogP contribution is 2.38. The number of carboxylic acids is 1. The van der Waals surface area contributed by atoms with E-state index < -0.39 is 5.97 Å². The number of aliphatic hydroxyl groups excluding tert-OH is 1. The molecule has 0 unspecified atom stereocenters. The summed E-state index contributed by atoms with van der Waals surface area (Å²) >= 11 is 0. The number of aromatic carboxylic acids is 1. The molecule has 0 aliphatic rings. The van der Waals surface area contributed by atoms with Crippen molar-refractivity contribution in [2.24, 2.45) is 0 Å². The number of furan rings is 4. The van der Waals surface area contributed by atoms with Gasteiger partial charge >= 0.3 is 5.97 Å². The van der Waals surface area contributed by atoms with Crippen LogP contribution in [0.3, 0.4) is 0 Å². The van der Waals surface area contributed by atoms with Gasteiger partial charge in [0.1, 0.15) is 33.5 Å². The Morgan fingerprint density at radius 3 is 2.00 bits per heavy atom. The third-order valence-corrected chi connectivity index (χ3v) is 6.84. The normalized spacial score (nSPS) is 11.6. The second kappa shape index (κ2) is 8.61. The fraction of sp³-hybridized carbons (Fsp3) is 0.0323. The molecule has 4 heterocycles. The molecule has 0 atom stereocenters. The van der Waals surface area contributed by atoms with E-state index in [0.29, 0.717) is 22.8 Å². The SMILES string of the molecule is O=Cc1cc2oc3ccccc3c2c2cc(C(=O)O)oc12.OCc1cc2oc3ccccc3c2c2ccoc12. The molecule has 4 aromatic heterocycles. The molecule has 0 saturated carbocycles. The van der Waals surface area contributed by atoms with Crippen LogP contribution in [0.2, 0.25) is 0 Å². The van der Waals surface area contributed by atoms with Gasteiger partial charge in [0, 0.05) is 43.9 Å². The molecule has 0 saturated heterocycles. The third-order valence-electron chi connectivity index (χ3n) is 6.84. The van der Waals surface area contributed by atoms with E-state index in [0.717, 1.165) is 49.2 Å². The monoisotopic (exact) mass is 518 g/mol. The minimum atomic E-state index is -1.18. The highest BCUT2D eigenvalue weighted by Gasteiger charge is 2.20. The predicted molar refractivity (Wildman–Crippen MR) is 145 cm³/mol. The first-order valence-electron chi connectivity index (χ1n) is 12.0. The molecule has 0 aliphatic heterocycles. The predicted octanol–water partition coefficient (Wildman–Crippen LogP) is 7.67. The number of hydrogen-bond acceptors (Lipinski definition) is 7. The second-order valence-electron chi connectivity index (χ2n) is 9.04. The van der Waals surface area contributed by atoms with Crippen molar-refractivity contribution in [3.05, 3.63) is 95.9 Å². The second-order valence-corrected chi connectivity index (χ2v) is 9.04. The van der Waals surface area contributed by atoms with Crippen molar-refractivity contribution in [2.45, 2.75) is 6.61 Å². The van der Waals surface area contributed by atoms with Crippen molar-refractivity contribution in [1.29, 1.82) is 0 Å². The minimum Gasteiger partial charge on any atom is -0.475 e. The van der Waals surface area contributed by atoms with E-state index in [4.69, 9.17) is 22.8 Å². The van der Waals surface area contributed by atoms with Crippen LogP contribution < -0.4 is 0 Å². The average molecular weight is 518 g/mol. The molecule has 8 aromatic rings. The summed E-state index contributed by atoms with van der Waals surface area (Å²) in [5, 5.41) is 23.7. The van der Waals surface area contributed by atoms with Gasteiger partial charge in [-0.2, -0.15) is 0 Å². The van der Waals surface area contributed by atoms with E-state index in [9.17, 15) is 14.7 Å². The number of benzene rings is 4. The number of rotatable bonds is 3. The molecule has 190 valence electrons. The highest BCUT2D eigenvalue weighted by molar-refractivity contribution is 6.21. The molecule has 0 amide bonds. The zero-order chi connectivity index (χ0) is 26.7. The van der Waals surface area contributed by atoms with E-state index >= 15 is 0 Å². The lowest BCUT2D eigenvalue weighted by molar-refractivity contribution is 0.0664. The van der Waals surface area contributed by atoms with E-state index in [2.05, 4.69) is 0 Å². The van der Waals surface area contributed by atoms with Crippen LogP contribution in [0.5, 0.6) is 0 Å². The number of carboxylic acid groups (broad SMARTS) is 1. The van der Waals surface area contributed by atoms with Crippen LogP contribution in [0.1, 0.15) is 26.5 Å². The first-order valence-corrected chi connectivity index (χ1v) is 12.0. The van der Waals surface area contributed by atoms with E-state index in [-0.39, 0.29) is 23.5 Å². The van der Waals surface area contributed by atoms with E-state index in [1.54, 1.807) is 12.3 Å². The fourth-order valence-electron chi connectivity index (χ4n) is 5.17. The van der Waals surface area contributed by atoms with Crippen LogP contribution >= 0.6 is 0 Å². The van der Waals surface area contributed by atoms with Gasteiger partial charge in [-0.1, -0.05) is 36.4 Å². The summed E-state index contributed by atoms with van der Waals surface area (Å²) in [6.45, 7) is -0.0585. The maximum Gasteiger partial charge on any atom is 0.371 e. The summed E-state index contributed by atoms with van der Waals surface area (Å²) in [6, 6.07) is 22.1. The summed E-state index contributed by atoms with van der Waals surface area (Å²) in [7, 11) is 0. The summed E-state index contributed by atoms with van der Waals surface area (Å²) in [5.41, 5.74) is 4.86. The summed E-state index contributed by atoms with van der Waals surface area (Å²) in [5.74, 6) is -1.38. The minimum absolute atomic E-state index is 0.0585. The largest absolute Gasteiger partial charge is 0.475 e. The van der Waals surface area contributed by atoms with Gasteiger partial charge in [0.25, 0.3) is 0 Å². The van der Waals surface area contributed by atoms with Crippen LogP contribution in [0.25, 0.3) is 65.8 Å². The summed E-state index contributed by atoms with van der Waals surface area (Å²) in [4.78, 5) is 22.3. The van der Waals surface area contributed by atoms with Crippen molar-refractivity contribution in [1.82, 2.24) is 0 Å². The molecule has 4 aromatic carbocycles. The molecular weight excluding hydrogens is 500 g/mol. The Morgan fingerprint density at radius 2 is 1.36 bits per heavy atom. The first-order chi connectivity index (χ1) is 19.1. The van der Waals surface area contributed by atoms with E-state index in [1.807, 2.05) is 60.7 Å². The van der Waals surface area contributed by atoms with E-state index in [1.165, 1.54) is 6.07 Å². The highest BCUT2D eigenvalue weighted by atomic mass is 16.4. The van der Waals surface area contributed by atoms with Crippen molar-refractivity contribution < 1.29 is 37.5 Å². The molecular formula is C31H18O8. The van der Waals surface area contributed by atoms with Gasteiger partial charge in [-0.05, 0) is 30.3 Å². The van der Waals surface area contributed by atoms with Crippen LogP contribution in [0.15, 0.2) is 96.7 Å². The molecule has 0 spiro atoms. The molecule has 8 nitrogen and oxygen atoms in total. The zero-order valence-corrected chi connectivity index (χ0v) is 20.1. The molecule has 0 bridgehead atoms. The Balaban J connectivity index is 0.000000131.